The van der Waals surface area contributed by atoms with Crippen molar-refractivity contribution in [3.8, 4) is 11.5 Å². The summed E-state index contributed by atoms with van der Waals surface area (Å²) in [4.78, 5) is 12.6. The van der Waals surface area contributed by atoms with E-state index in [4.69, 9.17) is 9.47 Å². The van der Waals surface area contributed by atoms with Gasteiger partial charge in [-0.05, 0) is 43.5 Å². The van der Waals surface area contributed by atoms with Crippen molar-refractivity contribution in [2.45, 2.75) is 25.7 Å². The van der Waals surface area contributed by atoms with Crippen molar-refractivity contribution in [3.63, 3.8) is 0 Å². The van der Waals surface area contributed by atoms with Crippen LogP contribution in [-0.4, -0.2) is 25.7 Å². The fraction of sp³-hybridized carbons (Fsp3) is 0.350. The van der Waals surface area contributed by atoms with Crippen LogP contribution in [0.1, 0.15) is 25.0 Å². The Labute approximate surface area is 142 Å². The van der Waals surface area contributed by atoms with Crippen molar-refractivity contribution in [3.05, 3.63) is 59.7 Å². The molecule has 0 saturated carbocycles. The van der Waals surface area contributed by atoms with Crippen LogP contribution in [0.5, 0.6) is 11.5 Å². The van der Waals surface area contributed by atoms with Gasteiger partial charge in [-0.2, -0.15) is 0 Å². The molecular weight excluding hydrogens is 302 g/mol. The van der Waals surface area contributed by atoms with Crippen LogP contribution in [0.3, 0.4) is 0 Å². The lowest BCUT2D eigenvalue weighted by Gasteiger charge is -2.26. The molecule has 0 unspecified atom stereocenters. The van der Waals surface area contributed by atoms with Gasteiger partial charge in [-0.15, -0.1) is 0 Å². The molecule has 2 aromatic rings. The first-order valence-electron chi connectivity index (χ1n) is 8.30. The van der Waals surface area contributed by atoms with Crippen LogP contribution in [0.25, 0.3) is 0 Å². The molecule has 4 nitrogen and oxygen atoms in total. The Morgan fingerprint density at radius 2 is 1.75 bits per heavy atom. The van der Waals surface area contributed by atoms with Gasteiger partial charge in [0.15, 0.2) is 11.5 Å². The smallest absolute Gasteiger partial charge is 0.230 e. The quantitative estimate of drug-likeness (QED) is 0.919. The Bertz CT molecular complexity index is 710. The van der Waals surface area contributed by atoms with Crippen molar-refractivity contribution in [1.29, 1.82) is 0 Å². The number of fused-ring (bicyclic) bond motifs is 1. The van der Waals surface area contributed by atoms with Gasteiger partial charge in [-0.1, -0.05) is 36.4 Å². The highest BCUT2D eigenvalue weighted by molar-refractivity contribution is 5.87. The maximum absolute atomic E-state index is 12.6. The van der Waals surface area contributed by atoms with Crippen LogP contribution in [0, 0.1) is 0 Å². The van der Waals surface area contributed by atoms with Gasteiger partial charge in [0.2, 0.25) is 5.91 Å². The lowest BCUT2D eigenvalue weighted by molar-refractivity contribution is -0.125. The number of carbonyl (C=O) groups is 1. The molecule has 1 heterocycles. The fourth-order valence-electron chi connectivity index (χ4n) is 2.75. The molecule has 4 heteroatoms. The molecule has 24 heavy (non-hydrogen) atoms. The van der Waals surface area contributed by atoms with Gasteiger partial charge >= 0.3 is 0 Å². The van der Waals surface area contributed by atoms with Crippen molar-refractivity contribution < 1.29 is 14.3 Å². The molecule has 1 aliphatic rings. The lowest BCUT2D eigenvalue weighted by atomic mass is 9.83. The number of hydrogen-bond donors (Lipinski definition) is 1. The summed E-state index contributed by atoms with van der Waals surface area (Å²) in [5, 5.41) is 3.04. The van der Waals surface area contributed by atoms with Crippen LogP contribution < -0.4 is 14.8 Å². The zero-order valence-corrected chi connectivity index (χ0v) is 14.2. The predicted octanol–water partition coefficient (Wildman–Crippen LogP) is 3.09. The topological polar surface area (TPSA) is 47.6 Å². The normalized spacial score (nSPS) is 13.4. The predicted molar refractivity (Wildman–Crippen MR) is 93.6 cm³/mol. The molecular formula is C20H23NO3. The molecule has 2 aromatic carbocycles. The zero-order chi connectivity index (χ0) is 17.0. The van der Waals surface area contributed by atoms with E-state index in [2.05, 4.69) is 17.4 Å². The standard InChI is InChI=1S/C20H23NO3/c1-20(2,16-8-9-17-18(14-16)24-13-12-23-17)19(22)21-11-10-15-6-4-3-5-7-15/h3-9,14H,10-13H2,1-2H3,(H,21,22). The minimum atomic E-state index is -0.632. The molecule has 3 rings (SSSR count). The number of nitrogens with one attached hydrogen (secondary N) is 1. The van der Waals surface area contributed by atoms with E-state index in [-0.39, 0.29) is 5.91 Å². The molecule has 1 N–H and O–H groups in total. The third-order valence-electron chi connectivity index (χ3n) is 4.37. The number of carbonyl (C=O) groups excluding carboxylic acids is 1. The number of rotatable bonds is 5. The van der Waals surface area contributed by atoms with E-state index < -0.39 is 5.41 Å². The molecule has 0 spiro atoms. The third kappa shape index (κ3) is 3.53. The van der Waals surface area contributed by atoms with Crippen LogP contribution in [0.2, 0.25) is 0 Å². The van der Waals surface area contributed by atoms with Gasteiger partial charge in [0.25, 0.3) is 0 Å². The van der Waals surface area contributed by atoms with Crippen LogP contribution >= 0.6 is 0 Å². The average Bonchev–Trinajstić information content (AvgIpc) is 2.62. The molecule has 1 aliphatic heterocycles. The van der Waals surface area contributed by atoms with E-state index in [0.29, 0.717) is 25.5 Å². The Kier molecular flexibility index (Phi) is 4.74. The highest BCUT2D eigenvalue weighted by atomic mass is 16.6. The fourth-order valence-corrected chi connectivity index (χ4v) is 2.75. The van der Waals surface area contributed by atoms with Crippen molar-refractivity contribution >= 4 is 5.91 Å². The van der Waals surface area contributed by atoms with E-state index >= 15 is 0 Å². The number of amides is 1. The summed E-state index contributed by atoms with van der Waals surface area (Å²) in [7, 11) is 0. The summed E-state index contributed by atoms with van der Waals surface area (Å²) < 4.78 is 11.2. The monoisotopic (exact) mass is 325 g/mol. The minimum absolute atomic E-state index is 0.00936. The Morgan fingerprint density at radius 3 is 2.50 bits per heavy atom. The van der Waals surface area contributed by atoms with Crippen LogP contribution in [0.4, 0.5) is 0 Å². The number of ether oxygens (including phenoxy) is 2. The third-order valence-corrected chi connectivity index (χ3v) is 4.37. The molecule has 0 aromatic heterocycles. The Balaban J connectivity index is 1.64. The maximum atomic E-state index is 12.6. The lowest BCUT2D eigenvalue weighted by Crippen LogP contribution is -2.41. The number of benzene rings is 2. The second-order valence-corrected chi connectivity index (χ2v) is 6.47. The van der Waals surface area contributed by atoms with Gasteiger partial charge in [-0.25, -0.2) is 0 Å². The largest absolute Gasteiger partial charge is 0.486 e. The molecule has 0 saturated heterocycles. The van der Waals surface area contributed by atoms with E-state index in [1.54, 1.807) is 0 Å². The van der Waals surface area contributed by atoms with E-state index in [9.17, 15) is 4.79 Å². The van der Waals surface area contributed by atoms with E-state index in [1.807, 2.05) is 50.2 Å². The summed E-state index contributed by atoms with van der Waals surface area (Å²) in [5.41, 5.74) is 1.51. The molecule has 0 atom stereocenters. The summed E-state index contributed by atoms with van der Waals surface area (Å²) in [6, 6.07) is 15.9. The van der Waals surface area contributed by atoms with Gasteiger partial charge in [0.05, 0.1) is 5.41 Å². The first-order chi connectivity index (χ1) is 11.6. The first-order valence-corrected chi connectivity index (χ1v) is 8.30. The van der Waals surface area contributed by atoms with Crippen molar-refractivity contribution in [2.75, 3.05) is 19.8 Å². The summed E-state index contributed by atoms with van der Waals surface area (Å²) in [6.07, 6.45) is 0.823. The maximum Gasteiger partial charge on any atom is 0.230 e. The number of hydrogen-bond acceptors (Lipinski definition) is 3. The highest BCUT2D eigenvalue weighted by Crippen LogP contribution is 2.35. The summed E-state index contributed by atoms with van der Waals surface area (Å²) >= 11 is 0. The molecule has 126 valence electrons. The average molecular weight is 325 g/mol. The zero-order valence-electron chi connectivity index (χ0n) is 14.2. The summed E-state index contributed by atoms with van der Waals surface area (Å²) in [6.45, 7) is 5.58. The SMILES string of the molecule is CC(C)(C(=O)NCCc1ccccc1)c1ccc2c(c1)OCCO2. The highest BCUT2D eigenvalue weighted by Gasteiger charge is 2.30. The van der Waals surface area contributed by atoms with Gasteiger partial charge in [0.1, 0.15) is 13.2 Å². The Hall–Kier alpha value is -2.49. The molecule has 0 radical (unpaired) electrons. The molecule has 0 bridgehead atoms. The minimum Gasteiger partial charge on any atom is -0.486 e. The van der Waals surface area contributed by atoms with Gasteiger partial charge in [-0.3, -0.25) is 4.79 Å². The van der Waals surface area contributed by atoms with Gasteiger partial charge in [0, 0.05) is 6.54 Å². The van der Waals surface area contributed by atoms with Crippen LogP contribution in [-0.2, 0) is 16.6 Å². The van der Waals surface area contributed by atoms with E-state index in [1.165, 1.54) is 5.56 Å². The molecule has 0 aliphatic carbocycles. The van der Waals surface area contributed by atoms with Crippen molar-refractivity contribution in [2.24, 2.45) is 0 Å². The Morgan fingerprint density at radius 1 is 1.04 bits per heavy atom. The van der Waals surface area contributed by atoms with E-state index in [0.717, 1.165) is 17.7 Å². The molecule has 1 amide bonds. The second-order valence-electron chi connectivity index (χ2n) is 6.47. The molecule has 0 fully saturated rings. The summed E-state index contributed by atoms with van der Waals surface area (Å²) in [5.74, 6) is 1.46. The second kappa shape index (κ2) is 6.95. The van der Waals surface area contributed by atoms with Crippen LogP contribution in [0.15, 0.2) is 48.5 Å². The van der Waals surface area contributed by atoms with Gasteiger partial charge < -0.3 is 14.8 Å². The first kappa shape index (κ1) is 16.4. The van der Waals surface area contributed by atoms with Crippen molar-refractivity contribution in [1.82, 2.24) is 5.32 Å².